The van der Waals surface area contributed by atoms with Crippen molar-refractivity contribution in [1.29, 1.82) is 0 Å². The fourth-order valence-corrected chi connectivity index (χ4v) is 3.71. The van der Waals surface area contributed by atoms with Crippen LogP contribution in [0.25, 0.3) is 0 Å². The predicted octanol–water partition coefficient (Wildman–Crippen LogP) is 3.85. The highest BCUT2D eigenvalue weighted by Gasteiger charge is 2.60. The van der Waals surface area contributed by atoms with Crippen molar-refractivity contribution >= 4 is 12.1 Å². The van der Waals surface area contributed by atoms with Crippen molar-refractivity contribution < 1.29 is 9.90 Å². The van der Waals surface area contributed by atoms with Gasteiger partial charge in [0.15, 0.2) is 0 Å². The minimum absolute atomic E-state index is 0.0980. The Kier molecular flexibility index (Phi) is 4.47. The number of phenols is 1. The van der Waals surface area contributed by atoms with Gasteiger partial charge in [0.1, 0.15) is 5.75 Å². The molecule has 27 heavy (non-hydrogen) atoms. The van der Waals surface area contributed by atoms with E-state index in [2.05, 4.69) is 34.8 Å². The van der Waals surface area contributed by atoms with E-state index in [1.807, 2.05) is 42.5 Å². The molecule has 0 radical (unpaired) electrons. The van der Waals surface area contributed by atoms with Gasteiger partial charge >= 0.3 is 0 Å². The van der Waals surface area contributed by atoms with Crippen LogP contribution in [0.5, 0.6) is 5.75 Å². The van der Waals surface area contributed by atoms with Gasteiger partial charge in [-0.05, 0) is 35.2 Å². The predicted molar refractivity (Wildman–Crippen MR) is 106 cm³/mol. The van der Waals surface area contributed by atoms with E-state index in [-0.39, 0.29) is 23.0 Å². The average Bonchev–Trinajstić information content (AvgIpc) is 3.47. The number of amides is 1. The van der Waals surface area contributed by atoms with Gasteiger partial charge in [-0.3, -0.25) is 4.79 Å². The van der Waals surface area contributed by atoms with E-state index in [9.17, 15) is 9.90 Å². The molecular weight excluding hydrogens is 336 g/mol. The summed E-state index contributed by atoms with van der Waals surface area (Å²) < 4.78 is 0. The van der Waals surface area contributed by atoms with Gasteiger partial charge in [0.05, 0.1) is 12.1 Å². The zero-order valence-corrected chi connectivity index (χ0v) is 14.7. The van der Waals surface area contributed by atoms with Crippen LogP contribution in [0.3, 0.4) is 0 Å². The number of phenolic OH excluding ortho intramolecular Hbond substituents is 1. The first-order chi connectivity index (χ1) is 13.2. The third-order valence-corrected chi connectivity index (χ3v) is 5.11. The van der Waals surface area contributed by atoms with E-state index in [0.29, 0.717) is 0 Å². The fourth-order valence-electron chi connectivity index (χ4n) is 3.71. The first-order valence-corrected chi connectivity index (χ1v) is 8.93. The number of aromatic hydroxyl groups is 1. The second-order valence-corrected chi connectivity index (χ2v) is 6.79. The van der Waals surface area contributed by atoms with Crippen LogP contribution in [0.2, 0.25) is 0 Å². The third kappa shape index (κ3) is 3.34. The normalized spacial score (nSPS) is 17.6. The van der Waals surface area contributed by atoms with E-state index in [1.54, 1.807) is 18.2 Å². The Labute approximate surface area is 158 Å². The van der Waals surface area contributed by atoms with Crippen molar-refractivity contribution in [2.24, 2.45) is 11.0 Å². The maximum Gasteiger partial charge on any atom is 0.244 e. The molecule has 0 saturated heterocycles. The fraction of sp³-hybridized carbons (Fsp3) is 0.130. The highest BCUT2D eigenvalue weighted by Crippen LogP contribution is 2.58. The molecule has 1 atom stereocenters. The number of hydrogen-bond donors (Lipinski definition) is 2. The van der Waals surface area contributed by atoms with Crippen molar-refractivity contribution in [3.8, 4) is 5.75 Å². The second kappa shape index (κ2) is 7.08. The summed E-state index contributed by atoms with van der Waals surface area (Å²) in [7, 11) is 0. The zero-order chi connectivity index (χ0) is 18.7. The first-order valence-electron chi connectivity index (χ1n) is 8.93. The minimum Gasteiger partial charge on any atom is -0.508 e. The molecule has 0 unspecified atom stereocenters. The Morgan fingerprint density at radius 2 is 1.59 bits per heavy atom. The second-order valence-electron chi connectivity index (χ2n) is 6.79. The lowest BCUT2D eigenvalue weighted by Gasteiger charge is -2.18. The maximum atomic E-state index is 12.8. The molecule has 0 bridgehead atoms. The quantitative estimate of drug-likeness (QED) is 0.539. The highest BCUT2D eigenvalue weighted by molar-refractivity contribution is 5.87. The molecule has 1 aliphatic rings. The molecule has 2 N–H and O–H groups in total. The Morgan fingerprint density at radius 1 is 0.963 bits per heavy atom. The number of rotatable bonds is 5. The van der Waals surface area contributed by atoms with Crippen LogP contribution in [0, 0.1) is 5.92 Å². The Morgan fingerprint density at radius 3 is 2.19 bits per heavy atom. The molecule has 1 saturated carbocycles. The van der Waals surface area contributed by atoms with Gasteiger partial charge in [-0.25, -0.2) is 5.43 Å². The minimum atomic E-state index is -0.298. The number of hydrazone groups is 1. The van der Waals surface area contributed by atoms with Gasteiger partial charge in [0.25, 0.3) is 0 Å². The topological polar surface area (TPSA) is 61.7 Å². The van der Waals surface area contributed by atoms with E-state index in [0.717, 1.165) is 23.1 Å². The largest absolute Gasteiger partial charge is 0.508 e. The molecule has 1 amide bonds. The number of nitrogens with zero attached hydrogens (tertiary/aromatic N) is 1. The van der Waals surface area contributed by atoms with Crippen molar-refractivity contribution in [3.05, 3.63) is 102 Å². The van der Waals surface area contributed by atoms with E-state index >= 15 is 0 Å². The molecule has 0 aliphatic heterocycles. The van der Waals surface area contributed by atoms with Gasteiger partial charge in [-0.15, -0.1) is 0 Å². The van der Waals surface area contributed by atoms with Crippen LogP contribution >= 0.6 is 0 Å². The van der Waals surface area contributed by atoms with E-state index < -0.39 is 0 Å². The van der Waals surface area contributed by atoms with Crippen LogP contribution in [0.4, 0.5) is 0 Å². The summed E-state index contributed by atoms with van der Waals surface area (Å²) in [5.74, 6) is -0.0950. The van der Waals surface area contributed by atoms with Crippen LogP contribution in [-0.4, -0.2) is 17.2 Å². The summed E-state index contributed by atoms with van der Waals surface area (Å²) >= 11 is 0. The standard InChI is InChI=1S/C23H20N2O2/c26-20-13-7-8-17(14-20)16-24-25-22(27)21-15-23(21,18-9-3-1-4-10-18)19-11-5-2-6-12-19/h1-14,16,21,26H,15H2,(H,25,27)/t21-/m0/s1. The van der Waals surface area contributed by atoms with Crippen molar-refractivity contribution in [2.45, 2.75) is 11.8 Å². The first kappa shape index (κ1) is 17.0. The molecule has 3 aromatic carbocycles. The van der Waals surface area contributed by atoms with Crippen molar-refractivity contribution in [3.63, 3.8) is 0 Å². The van der Waals surface area contributed by atoms with E-state index in [1.165, 1.54) is 6.21 Å². The molecule has 0 heterocycles. The third-order valence-electron chi connectivity index (χ3n) is 5.11. The molecule has 4 heteroatoms. The highest BCUT2D eigenvalue weighted by atomic mass is 16.3. The van der Waals surface area contributed by atoms with Crippen LogP contribution in [0.15, 0.2) is 90.0 Å². The van der Waals surface area contributed by atoms with Crippen LogP contribution in [0.1, 0.15) is 23.1 Å². The van der Waals surface area contributed by atoms with Gasteiger partial charge in [0.2, 0.25) is 5.91 Å². The monoisotopic (exact) mass is 356 g/mol. The van der Waals surface area contributed by atoms with Gasteiger partial charge in [-0.1, -0.05) is 72.8 Å². The molecular formula is C23H20N2O2. The Balaban J connectivity index is 1.54. The van der Waals surface area contributed by atoms with Crippen molar-refractivity contribution in [2.75, 3.05) is 0 Å². The summed E-state index contributed by atoms with van der Waals surface area (Å²) in [4.78, 5) is 12.8. The SMILES string of the molecule is O=C(NN=Cc1cccc(O)c1)[C@@H]1CC1(c1ccccc1)c1ccccc1. The van der Waals surface area contributed by atoms with Gasteiger partial charge in [0, 0.05) is 5.41 Å². The summed E-state index contributed by atoms with van der Waals surface area (Å²) in [6.07, 6.45) is 2.29. The van der Waals surface area contributed by atoms with E-state index in [4.69, 9.17) is 0 Å². The molecule has 3 aromatic rings. The maximum absolute atomic E-state index is 12.8. The lowest BCUT2D eigenvalue weighted by Crippen LogP contribution is -2.25. The molecule has 0 aromatic heterocycles. The number of nitrogens with one attached hydrogen (secondary N) is 1. The number of hydrogen-bond acceptors (Lipinski definition) is 3. The number of benzene rings is 3. The summed E-state index contributed by atoms with van der Waals surface area (Å²) in [6, 6.07) is 27.0. The smallest absolute Gasteiger partial charge is 0.244 e. The molecule has 0 spiro atoms. The lowest BCUT2D eigenvalue weighted by atomic mass is 9.85. The van der Waals surface area contributed by atoms with Crippen LogP contribution in [-0.2, 0) is 10.2 Å². The average molecular weight is 356 g/mol. The lowest BCUT2D eigenvalue weighted by molar-refractivity contribution is -0.122. The molecule has 4 rings (SSSR count). The summed E-state index contributed by atoms with van der Waals surface area (Å²) in [5, 5.41) is 13.6. The molecule has 1 aliphatic carbocycles. The summed E-state index contributed by atoms with van der Waals surface area (Å²) in [5.41, 5.74) is 5.38. The van der Waals surface area contributed by atoms with Crippen LogP contribution < -0.4 is 5.43 Å². The number of carbonyl (C=O) groups is 1. The zero-order valence-electron chi connectivity index (χ0n) is 14.7. The molecule has 1 fully saturated rings. The van der Waals surface area contributed by atoms with Gasteiger partial charge in [-0.2, -0.15) is 5.10 Å². The molecule has 134 valence electrons. The Bertz CT molecular complexity index is 928. The van der Waals surface area contributed by atoms with Gasteiger partial charge < -0.3 is 5.11 Å². The summed E-state index contributed by atoms with van der Waals surface area (Å²) in [6.45, 7) is 0. The van der Waals surface area contributed by atoms with Crippen molar-refractivity contribution in [1.82, 2.24) is 5.43 Å². The Hall–Kier alpha value is -3.40. The molecule has 4 nitrogen and oxygen atoms in total. The number of carbonyl (C=O) groups excluding carboxylic acids is 1.